The van der Waals surface area contributed by atoms with Crippen molar-refractivity contribution in [1.82, 2.24) is 5.32 Å². The standard InChI is InChI=1S/C12H12ClNO2/c1-14-10(7-13)12(15)9-3-2-8-4-5-16-11(8)6-9/h2-6,10,14H,7H2,1H3. The SMILES string of the molecule is CNC(CCl)C(=O)c1ccc2ccoc2c1. The molecular formula is C12H12ClNO2. The van der Waals surface area contributed by atoms with Gasteiger partial charge in [-0.05, 0) is 19.2 Å². The molecule has 2 aromatic rings. The molecule has 0 saturated carbocycles. The molecule has 16 heavy (non-hydrogen) atoms. The molecule has 0 fully saturated rings. The fraction of sp³-hybridized carbons (Fsp3) is 0.250. The van der Waals surface area contributed by atoms with Crippen molar-refractivity contribution in [2.24, 2.45) is 0 Å². The number of ketones is 1. The average molecular weight is 238 g/mol. The van der Waals surface area contributed by atoms with Crippen molar-refractivity contribution in [3.63, 3.8) is 0 Å². The highest BCUT2D eigenvalue weighted by atomic mass is 35.5. The van der Waals surface area contributed by atoms with E-state index < -0.39 is 0 Å². The van der Waals surface area contributed by atoms with Gasteiger partial charge in [0, 0.05) is 16.8 Å². The van der Waals surface area contributed by atoms with Gasteiger partial charge in [-0.25, -0.2) is 0 Å². The highest BCUT2D eigenvalue weighted by Crippen LogP contribution is 2.18. The van der Waals surface area contributed by atoms with Crippen LogP contribution in [-0.2, 0) is 0 Å². The largest absolute Gasteiger partial charge is 0.464 e. The molecule has 3 nitrogen and oxygen atoms in total. The Labute approximate surface area is 98.4 Å². The molecule has 2 rings (SSSR count). The minimum absolute atomic E-state index is 0.0178. The van der Waals surface area contributed by atoms with E-state index in [0.717, 1.165) is 11.0 Å². The summed E-state index contributed by atoms with van der Waals surface area (Å²) in [6, 6.07) is 6.91. The number of Topliss-reactive ketones (excluding diaryl/α,β-unsaturated/α-hetero) is 1. The Morgan fingerprint density at radius 2 is 2.31 bits per heavy atom. The van der Waals surface area contributed by atoms with Gasteiger partial charge in [-0.2, -0.15) is 0 Å². The number of benzene rings is 1. The number of rotatable bonds is 4. The Morgan fingerprint density at radius 1 is 1.50 bits per heavy atom. The normalized spacial score (nSPS) is 12.9. The van der Waals surface area contributed by atoms with Crippen LogP contribution >= 0.6 is 11.6 Å². The van der Waals surface area contributed by atoms with Gasteiger partial charge in [0.25, 0.3) is 0 Å². The monoisotopic (exact) mass is 237 g/mol. The second kappa shape index (κ2) is 4.68. The zero-order valence-corrected chi connectivity index (χ0v) is 9.62. The minimum Gasteiger partial charge on any atom is -0.464 e. The lowest BCUT2D eigenvalue weighted by molar-refractivity contribution is 0.0956. The summed E-state index contributed by atoms with van der Waals surface area (Å²) in [5.74, 6) is 0.238. The number of carbonyl (C=O) groups excluding carboxylic acids is 1. The van der Waals surface area contributed by atoms with Gasteiger partial charge >= 0.3 is 0 Å². The van der Waals surface area contributed by atoms with Crippen molar-refractivity contribution in [1.29, 1.82) is 0 Å². The van der Waals surface area contributed by atoms with Crippen LogP contribution in [0.5, 0.6) is 0 Å². The molecule has 0 aliphatic carbocycles. The molecule has 1 aromatic carbocycles. The number of alkyl halides is 1. The van der Waals surface area contributed by atoms with Gasteiger partial charge in [0.05, 0.1) is 12.3 Å². The Bertz CT molecular complexity index is 502. The van der Waals surface area contributed by atoms with Gasteiger partial charge in [0.2, 0.25) is 0 Å². The Balaban J connectivity index is 2.35. The van der Waals surface area contributed by atoms with E-state index in [-0.39, 0.29) is 17.7 Å². The first-order valence-electron chi connectivity index (χ1n) is 5.01. The van der Waals surface area contributed by atoms with E-state index in [2.05, 4.69) is 5.32 Å². The number of carbonyl (C=O) groups is 1. The van der Waals surface area contributed by atoms with Gasteiger partial charge in [0.15, 0.2) is 5.78 Å². The highest BCUT2D eigenvalue weighted by molar-refractivity contribution is 6.21. The summed E-state index contributed by atoms with van der Waals surface area (Å²) in [4.78, 5) is 12.0. The highest BCUT2D eigenvalue weighted by Gasteiger charge is 2.17. The molecule has 0 spiro atoms. The van der Waals surface area contributed by atoms with E-state index >= 15 is 0 Å². The van der Waals surface area contributed by atoms with E-state index in [0.29, 0.717) is 5.56 Å². The maximum atomic E-state index is 12.0. The lowest BCUT2D eigenvalue weighted by atomic mass is 10.0. The predicted molar refractivity (Wildman–Crippen MR) is 64.1 cm³/mol. The van der Waals surface area contributed by atoms with Gasteiger partial charge in [-0.1, -0.05) is 12.1 Å². The third-order valence-electron chi connectivity index (χ3n) is 2.56. The van der Waals surface area contributed by atoms with Crippen molar-refractivity contribution in [2.75, 3.05) is 12.9 Å². The maximum absolute atomic E-state index is 12.0. The van der Waals surface area contributed by atoms with Crippen molar-refractivity contribution in [2.45, 2.75) is 6.04 Å². The average Bonchev–Trinajstić information content (AvgIpc) is 2.77. The maximum Gasteiger partial charge on any atom is 0.181 e. The van der Waals surface area contributed by atoms with E-state index in [9.17, 15) is 4.79 Å². The smallest absolute Gasteiger partial charge is 0.181 e. The molecule has 0 saturated heterocycles. The first kappa shape index (κ1) is 11.2. The van der Waals surface area contributed by atoms with Crippen molar-refractivity contribution in [3.8, 4) is 0 Å². The zero-order chi connectivity index (χ0) is 11.5. The minimum atomic E-state index is -0.353. The van der Waals surface area contributed by atoms with Crippen LogP contribution in [0.3, 0.4) is 0 Å². The van der Waals surface area contributed by atoms with Gasteiger partial charge in [-0.3, -0.25) is 4.79 Å². The molecule has 0 radical (unpaired) electrons. The second-order valence-electron chi connectivity index (χ2n) is 3.53. The summed E-state index contributed by atoms with van der Waals surface area (Å²) >= 11 is 5.70. The van der Waals surface area contributed by atoms with Crippen molar-refractivity contribution >= 4 is 28.4 Å². The van der Waals surface area contributed by atoms with Crippen LogP contribution in [0.25, 0.3) is 11.0 Å². The zero-order valence-electron chi connectivity index (χ0n) is 8.87. The van der Waals surface area contributed by atoms with Crippen LogP contribution < -0.4 is 5.32 Å². The Kier molecular flexibility index (Phi) is 3.27. The van der Waals surface area contributed by atoms with E-state index in [1.165, 1.54) is 0 Å². The summed E-state index contributed by atoms with van der Waals surface area (Å²) in [6.45, 7) is 0. The molecule has 4 heteroatoms. The van der Waals surface area contributed by atoms with Gasteiger partial charge in [-0.15, -0.1) is 11.6 Å². The first-order valence-corrected chi connectivity index (χ1v) is 5.54. The van der Waals surface area contributed by atoms with E-state index in [4.69, 9.17) is 16.0 Å². The van der Waals surface area contributed by atoms with Crippen LogP contribution in [0.2, 0.25) is 0 Å². The molecule has 84 valence electrons. The number of fused-ring (bicyclic) bond motifs is 1. The topological polar surface area (TPSA) is 42.2 Å². The molecule has 0 aliphatic heterocycles. The fourth-order valence-corrected chi connectivity index (χ4v) is 1.88. The van der Waals surface area contributed by atoms with Gasteiger partial charge in [0.1, 0.15) is 5.58 Å². The van der Waals surface area contributed by atoms with Crippen LogP contribution in [0.15, 0.2) is 34.9 Å². The van der Waals surface area contributed by atoms with E-state index in [1.54, 1.807) is 25.4 Å². The molecular weight excluding hydrogens is 226 g/mol. The molecule has 0 bridgehead atoms. The van der Waals surface area contributed by atoms with Crippen LogP contribution in [-0.4, -0.2) is 24.8 Å². The van der Waals surface area contributed by atoms with Crippen molar-refractivity contribution < 1.29 is 9.21 Å². The molecule has 0 aliphatic rings. The summed E-state index contributed by atoms with van der Waals surface area (Å²) in [5.41, 5.74) is 1.33. The lowest BCUT2D eigenvalue weighted by Gasteiger charge is -2.11. The van der Waals surface area contributed by atoms with Gasteiger partial charge < -0.3 is 9.73 Å². The van der Waals surface area contributed by atoms with Crippen LogP contribution in [0.1, 0.15) is 10.4 Å². The number of likely N-dealkylation sites (N-methyl/N-ethyl adjacent to an activating group) is 1. The lowest BCUT2D eigenvalue weighted by Crippen LogP contribution is -2.35. The van der Waals surface area contributed by atoms with E-state index in [1.807, 2.05) is 12.1 Å². The van der Waals surface area contributed by atoms with Crippen LogP contribution in [0, 0.1) is 0 Å². The molecule has 1 atom stereocenters. The Morgan fingerprint density at radius 3 is 3.00 bits per heavy atom. The molecule has 1 unspecified atom stereocenters. The molecule has 1 aromatic heterocycles. The summed E-state index contributed by atoms with van der Waals surface area (Å²) in [6.07, 6.45) is 1.61. The number of halogens is 1. The molecule has 1 N–H and O–H groups in total. The van der Waals surface area contributed by atoms with Crippen LogP contribution in [0.4, 0.5) is 0 Å². The second-order valence-corrected chi connectivity index (χ2v) is 3.84. The predicted octanol–water partition coefficient (Wildman–Crippen LogP) is 2.44. The fourth-order valence-electron chi connectivity index (χ4n) is 1.59. The number of furan rings is 1. The first-order chi connectivity index (χ1) is 7.76. The number of nitrogens with one attached hydrogen (secondary N) is 1. The van der Waals surface area contributed by atoms with Crippen molar-refractivity contribution in [3.05, 3.63) is 36.1 Å². The number of hydrogen-bond donors (Lipinski definition) is 1. The Hall–Kier alpha value is -1.32. The molecule has 0 amide bonds. The summed E-state index contributed by atoms with van der Waals surface area (Å²) in [5, 5.41) is 3.87. The molecule has 1 heterocycles. The quantitative estimate of drug-likeness (QED) is 0.656. The summed E-state index contributed by atoms with van der Waals surface area (Å²) in [7, 11) is 1.72. The number of hydrogen-bond acceptors (Lipinski definition) is 3. The third kappa shape index (κ3) is 1.96. The third-order valence-corrected chi connectivity index (χ3v) is 2.87. The summed E-state index contributed by atoms with van der Waals surface area (Å²) < 4.78 is 5.25.